The lowest BCUT2D eigenvalue weighted by Crippen LogP contribution is -1.93. The highest BCUT2D eigenvalue weighted by atomic mass is 16.3. The van der Waals surface area contributed by atoms with Crippen molar-refractivity contribution in [2.24, 2.45) is 5.73 Å². The largest absolute Gasteiger partial charge is 0.507 e. The molecule has 64 valence electrons. The molecule has 3 nitrogen and oxygen atoms in total. The molecule has 0 aliphatic rings. The molecule has 3 N–H and O–H groups in total. The van der Waals surface area contributed by atoms with Crippen molar-refractivity contribution in [3.05, 3.63) is 29.3 Å². The van der Waals surface area contributed by atoms with Gasteiger partial charge in [0.1, 0.15) is 11.8 Å². The molecular weight excluding hydrogens is 164 g/mol. The average molecular weight is 172 g/mol. The first kappa shape index (κ1) is 9.12. The highest BCUT2D eigenvalue weighted by molar-refractivity contribution is 5.49. The van der Waals surface area contributed by atoms with Crippen molar-refractivity contribution in [3.8, 4) is 23.7 Å². The van der Waals surface area contributed by atoms with Gasteiger partial charge >= 0.3 is 0 Å². The Morgan fingerprint density at radius 3 is 2.85 bits per heavy atom. The lowest BCUT2D eigenvalue weighted by molar-refractivity contribution is 0.473. The van der Waals surface area contributed by atoms with Gasteiger partial charge in [0.15, 0.2) is 0 Å². The molecule has 0 amide bonds. The first-order chi connectivity index (χ1) is 6.27. The van der Waals surface area contributed by atoms with Crippen LogP contribution in [0.1, 0.15) is 11.1 Å². The van der Waals surface area contributed by atoms with Crippen LogP contribution in [0.5, 0.6) is 5.75 Å². The Hall–Kier alpha value is -1.97. The Labute approximate surface area is 76.4 Å². The van der Waals surface area contributed by atoms with Crippen LogP contribution in [-0.4, -0.2) is 11.7 Å². The van der Waals surface area contributed by atoms with Crippen molar-refractivity contribution >= 4 is 0 Å². The van der Waals surface area contributed by atoms with E-state index in [-0.39, 0.29) is 17.9 Å². The lowest BCUT2D eigenvalue weighted by atomic mass is 10.1. The highest BCUT2D eigenvalue weighted by Gasteiger charge is 1.98. The normalized spacial score (nSPS) is 8.31. The van der Waals surface area contributed by atoms with Gasteiger partial charge in [-0.05, 0) is 18.2 Å². The number of nitrogens with two attached hydrogens (primary N) is 1. The summed E-state index contributed by atoms with van der Waals surface area (Å²) in [6.07, 6.45) is 0. The summed E-state index contributed by atoms with van der Waals surface area (Å²) in [5, 5.41) is 17.8. The smallest absolute Gasteiger partial charge is 0.133 e. The monoisotopic (exact) mass is 172 g/mol. The molecule has 0 heterocycles. The summed E-state index contributed by atoms with van der Waals surface area (Å²) in [6, 6.07) is 6.47. The van der Waals surface area contributed by atoms with Crippen LogP contribution in [0.15, 0.2) is 18.2 Å². The quantitative estimate of drug-likeness (QED) is 0.562. The van der Waals surface area contributed by atoms with Crippen LogP contribution in [-0.2, 0) is 0 Å². The summed E-state index contributed by atoms with van der Waals surface area (Å²) in [5.74, 6) is 5.40. The maximum atomic E-state index is 9.16. The Bertz CT molecular complexity index is 407. The fourth-order valence-electron chi connectivity index (χ4n) is 0.856. The summed E-state index contributed by atoms with van der Waals surface area (Å²) in [4.78, 5) is 0. The number of benzene rings is 1. The number of hydrogen-bond donors (Lipinski definition) is 2. The molecule has 13 heavy (non-hydrogen) atoms. The zero-order valence-electron chi connectivity index (χ0n) is 6.91. The van der Waals surface area contributed by atoms with Crippen molar-refractivity contribution in [1.82, 2.24) is 0 Å². The Morgan fingerprint density at radius 2 is 2.23 bits per heavy atom. The Kier molecular flexibility index (Phi) is 2.92. The zero-order chi connectivity index (χ0) is 9.68. The molecule has 0 fully saturated rings. The van der Waals surface area contributed by atoms with Gasteiger partial charge in [0.2, 0.25) is 0 Å². The lowest BCUT2D eigenvalue weighted by Gasteiger charge is -1.95. The third-order valence-electron chi connectivity index (χ3n) is 1.45. The molecular formula is C10H8N2O. The van der Waals surface area contributed by atoms with Crippen molar-refractivity contribution in [2.45, 2.75) is 0 Å². The van der Waals surface area contributed by atoms with Gasteiger partial charge in [-0.1, -0.05) is 11.8 Å². The number of phenols is 1. The minimum atomic E-state index is -0.0270. The van der Waals surface area contributed by atoms with Crippen molar-refractivity contribution in [2.75, 3.05) is 6.54 Å². The summed E-state index contributed by atoms with van der Waals surface area (Å²) in [6.45, 7) is 0.281. The molecule has 0 spiro atoms. The molecule has 0 radical (unpaired) electrons. The van der Waals surface area contributed by atoms with Gasteiger partial charge in [-0.2, -0.15) is 5.26 Å². The molecule has 0 aromatic heterocycles. The van der Waals surface area contributed by atoms with Crippen LogP contribution in [0.2, 0.25) is 0 Å². The number of phenolic OH excluding ortho intramolecular Hbond substituents is 1. The van der Waals surface area contributed by atoms with Gasteiger partial charge in [-0.15, -0.1) is 0 Å². The number of rotatable bonds is 0. The van der Waals surface area contributed by atoms with Crippen molar-refractivity contribution in [1.29, 1.82) is 5.26 Å². The maximum Gasteiger partial charge on any atom is 0.133 e. The molecule has 0 bridgehead atoms. The van der Waals surface area contributed by atoms with Crippen LogP contribution < -0.4 is 5.73 Å². The molecule has 1 aromatic carbocycles. The van der Waals surface area contributed by atoms with E-state index in [2.05, 4.69) is 11.8 Å². The predicted octanol–water partition coefficient (Wildman–Crippen LogP) is 0.574. The summed E-state index contributed by atoms with van der Waals surface area (Å²) in [5.41, 5.74) is 6.09. The fraction of sp³-hybridized carbons (Fsp3) is 0.100. The van der Waals surface area contributed by atoms with E-state index in [1.54, 1.807) is 6.07 Å². The van der Waals surface area contributed by atoms with Gasteiger partial charge in [-0.3, -0.25) is 0 Å². The molecule has 0 aliphatic carbocycles. The minimum Gasteiger partial charge on any atom is -0.507 e. The van der Waals surface area contributed by atoms with Crippen LogP contribution in [0.3, 0.4) is 0 Å². The van der Waals surface area contributed by atoms with Gasteiger partial charge in [0.05, 0.1) is 12.1 Å². The maximum absolute atomic E-state index is 9.16. The standard InChI is InChI=1S/C10H8N2O/c11-5-1-2-8-3-4-10(13)9(6-8)7-12/h3-4,6,13H,5,11H2. The SMILES string of the molecule is N#Cc1cc(C#CCN)ccc1O. The van der Waals surface area contributed by atoms with Crippen LogP contribution in [0.25, 0.3) is 0 Å². The topological polar surface area (TPSA) is 70.0 Å². The third-order valence-corrected chi connectivity index (χ3v) is 1.45. The van der Waals surface area contributed by atoms with E-state index in [1.165, 1.54) is 12.1 Å². The van der Waals surface area contributed by atoms with Crippen LogP contribution in [0.4, 0.5) is 0 Å². The second kappa shape index (κ2) is 4.15. The zero-order valence-corrected chi connectivity index (χ0v) is 6.91. The molecule has 3 heteroatoms. The van der Waals surface area contributed by atoms with E-state index in [4.69, 9.17) is 16.1 Å². The fourth-order valence-corrected chi connectivity index (χ4v) is 0.856. The second-order valence-electron chi connectivity index (χ2n) is 2.35. The molecule has 0 unspecified atom stereocenters. The van der Waals surface area contributed by atoms with Crippen LogP contribution >= 0.6 is 0 Å². The second-order valence-corrected chi connectivity index (χ2v) is 2.35. The Balaban J connectivity index is 3.08. The molecule has 0 saturated heterocycles. The minimum absolute atomic E-state index is 0.0270. The van der Waals surface area contributed by atoms with E-state index in [0.29, 0.717) is 5.56 Å². The van der Waals surface area contributed by atoms with E-state index in [1.807, 2.05) is 6.07 Å². The van der Waals surface area contributed by atoms with Gasteiger partial charge < -0.3 is 10.8 Å². The highest BCUT2D eigenvalue weighted by Crippen LogP contribution is 2.16. The molecule has 1 rings (SSSR count). The third kappa shape index (κ3) is 2.23. The summed E-state index contributed by atoms with van der Waals surface area (Å²) < 4.78 is 0. The Morgan fingerprint density at radius 1 is 1.46 bits per heavy atom. The summed E-state index contributed by atoms with van der Waals surface area (Å²) >= 11 is 0. The average Bonchev–Trinajstić information content (AvgIpc) is 2.16. The molecule has 0 atom stereocenters. The van der Waals surface area contributed by atoms with Crippen molar-refractivity contribution < 1.29 is 5.11 Å². The van der Waals surface area contributed by atoms with Gasteiger partial charge in [0.25, 0.3) is 0 Å². The van der Waals surface area contributed by atoms with Gasteiger partial charge in [0, 0.05) is 5.56 Å². The number of hydrogen-bond acceptors (Lipinski definition) is 3. The van der Waals surface area contributed by atoms with Crippen molar-refractivity contribution in [3.63, 3.8) is 0 Å². The van der Waals surface area contributed by atoms with E-state index >= 15 is 0 Å². The van der Waals surface area contributed by atoms with Gasteiger partial charge in [-0.25, -0.2) is 0 Å². The van der Waals surface area contributed by atoms with E-state index < -0.39 is 0 Å². The molecule has 0 saturated carbocycles. The number of nitrogens with zero attached hydrogens (tertiary/aromatic N) is 1. The first-order valence-electron chi connectivity index (χ1n) is 3.70. The van der Waals surface area contributed by atoms with E-state index in [0.717, 1.165) is 0 Å². The predicted molar refractivity (Wildman–Crippen MR) is 48.8 cm³/mol. The van der Waals surface area contributed by atoms with Crippen LogP contribution in [0, 0.1) is 23.2 Å². The molecule has 1 aromatic rings. The number of nitriles is 1. The number of aromatic hydroxyl groups is 1. The first-order valence-corrected chi connectivity index (χ1v) is 3.70. The van der Waals surface area contributed by atoms with E-state index in [9.17, 15) is 0 Å². The summed E-state index contributed by atoms with van der Waals surface area (Å²) in [7, 11) is 0. The molecule has 0 aliphatic heterocycles.